The van der Waals surface area contributed by atoms with Crippen molar-refractivity contribution in [1.29, 1.82) is 0 Å². The number of carbonyl (C=O) groups is 2. The highest BCUT2D eigenvalue weighted by molar-refractivity contribution is 6.00. The number of methoxy groups -OCH3 is 2. The third-order valence-corrected chi connectivity index (χ3v) is 9.88. The topological polar surface area (TPSA) is 64.6 Å². The second-order valence-corrected chi connectivity index (χ2v) is 12.6. The predicted molar refractivity (Wildman–Crippen MR) is 156 cm³/mol. The second kappa shape index (κ2) is 10.3. The Hall–Kier alpha value is -3.34. The first-order chi connectivity index (χ1) is 18.6. The maximum Gasteiger partial charge on any atom is 0.251 e. The Balaban J connectivity index is 1.51. The minimum absolute atomic E-state index is 0.0331. The molecular weight excluding hydrogens is 486 g/mol. The number of rotatable bonds is 6. The van der Waals surface area contributed by atoms with Gasteiger partial charge in [0, 0.05) is 29.2 Å². The van der Waals surface area contributed by atoms with Gasteiger partial charge in [-0.15, -0.1) is 0 Å². The van der Waals surface area contributed by atoms with Crippen LogP contribution in [0.2, 0.25) is 0 Å². The average molecular weight is 528 g/mol. The van der Waals surface area contributed by atoms with Crippen molar-refractivity contribution in [3.63, 3.8) is 0 Å². The number of hydrogen-bond acceptors (Lipinski definition) is 4. The highest BCUT2D eigenvalue weighted by Crippen LogP contribution is 2.61. The Kier molecular flexibility index (Phi) is 7.21. The maximum absolute atomic E-state index is 14.4. The molecule has 2 aliphatic rings. The van der Waals surface area contributed by atoms with Gasteiger partial charge >= 0.3 is 0 Å². The van der Waals surface area contributed by atoms with E-state index in [1.807, 2.05) is 48.5 Å². The van der Waals surface area contributed by atoms with E-state index in [1.165, 1.54) is 0 Å². The molecule has 0 saturated heterocycles. The van der Waals surface area contributed by atoms with Gasteiger partial charge in [-0.25, -0.2) is 0 Å². The van der Waals surface area contributed by atoms with Crippen molar-refractivity contribution in [2.24, 2.45) is 28.6 Å². The fourth-order valence-electron chi connectivity index (χ4n) is 7.87. The molecule has 5 nitrogen and oxygen atoms in total. The summed E-state index contributed by atoms with van der Waals surface area (Å²) in [6.07, 6.45) is 4.11. The molecule has 0 aromatic heterocycles. The van der Waals surface area contributed by atoms with Crippen molar-refractivity contribution in [3.8, 4) is 11.5 Å². The van der Waals surface area contributed by atoms with Gasteiger partial charge in [0.05, 0.1) is 14.2 Å². The lowest BCUT2D eigenvalue weighted by Gasteiger charge is -2.60. The first-order valence-electron chi connectivity index (χ1n) is 14.1. The van der Waals surface area contributed by atoms with Crippen LogP contribution < -0.4 is 14.8 Å². The van der Waals surface area contributed by atoms with Gasteiger partial charge in [-0.05, 0) is 77.0 Å². The molecule has 0 radical (unpaired) electrons. The molecule has 1 amide bonds. The van der Waals surface area contributed by atoms with Crippen LogP contribution in [0, 0.1) is 28.6 Å². The molecule has 5 heteroatoms. The van der Waals surface area contributed by atoms with Gasteiger partial charge in [0.1, 0.15) is 11.5 Å². The highest BCUT2D eigenvalue weighted by Gasteiger charge is 2.58. The molecule has 1 N–H and O–H groups in total. The molecule has 39 heavy (non-hydrogen) atoms. The lowest BCUT2D eigenvalue weighted by atomic mass is 9.45. The molecule has 0 aliphatic heterocycles. The summed E-state index contributed by atoms with van der Waals surface area (Å²) in [4.78, 5) is 28.0. The number of Topliss-reactive ketones (excluding diaryl/α,β-unsaturated/α-hetero) is 1. The molecule has 0 heterocycles. The zero-order valence-electron chi connectivity index (χ0n) is 24.0. The normalized spacial score (nSPS) is 27.8. The van der Waals surface area contributed by atoms with Crippen LogP contribution in [-0.4, -0.2) is 32.0 Å². The number of ketones is 1. The molecule has 2 aliphatic carbocycles. The molecule has 5 unspecified atom stereocenters. The summed E-state index contributed by atoms with van der Waals surface area (Å²) in [5.74, 6) is 1.27. The van der Waals surface area contributed by atoms with Crippen LogP contribution in [0.5, 0.6) is 11.5 Å². The van der Waals surface area contributed by atoms with Crippen molar-refractivity contribution >= 4 is 22.5 Å². The van der Waals surface area contributed by atoms with Gasteiger partial charge in [0.15, 0.2) is 5.78 Å². The summed E-state index contributed by atoms with van der Waals surface area (Å²) < 4.78 is 11.0. The second-order valence-electron chi connectivity index (χ2n) is 12.6. The van der Waals surface area contributed by atoms with E-state index in [1.54, 1.807) is 20.3 Å². The first-order valence-corrected chi connectivity index (χ1v) is 14.1. The van der Waals surface area contributed by atoms with Crippen LogP contribution >= 0.6 is 0 Å². The van der Waals surface area contributed by atoms with Crippen LogP contribution in [0.15, 0.2) is 60.7 Å². The molecule has 5 atom stereocenters. The minimum atomic E-state index is -0.241. The van der Waals surface area contributed by atoms with Crippen LogP contribution in [-0.2, 0) is 0 Å². The largest absolute Gasteiger partial charge is 0.497 e. The van der Waals surface area contributed by atoms with Crippen LogP contribution in [0.25, 0.3) is 10.8 Å². The Morgan fingerprint density at radius 2 is 1.51 bits per heavy atom. The Morgan fingerprint density at radius 1 is 0.846 bits per heavy atom. The zero-order valence-corrected chi connectivity index (χ0v) is 24.0. The summed E-state index contributed by atoms with van der Waals surface area (Å²) in [5.41, 5.74) is 1.16. The molecule has 206 valence electrons. The average Bonchev–Trinajstić information content (AvgIpc) is 2.93. The molecule has 3 aromatic carbocycles. The quantitative estimate of drug-likeness (QED) is 0.341. The lowest BCUT2D eigenvalue weighted by Crippen LogP contribution is -2.60. The summed E-state index contributed by atoms with van der Waals surface area (Å²) in [6.45, 7) is 9.14. The Labute approximate surface area is 232 Å². The van der Waals surface area contributed by atoms with Gasteiger partial charge < -0.3 is 14.8 Å². The molecule has 0 bridgehead atoms. The highest BCUT2D eigenvalue weighted by atomic mass is 16.5. The van der Waals surface area contributed by atoms with Crippen LogP contribution in [0.1, 0.15) is 74.1 Å². The molecular formula is C34H41NO4. The smallest absolute Gasteiger partial charge is 0.251 e. The fraction of sp³-hybridized carbons (Fsp3) is 0.471. The Bertz CT molecular complexity index is 1370. The maximum atomic E-state index is 14.4. The van der Waals surface area contributed by atoms with E-state index in [0.29, 0.717) is 28.5 Å². The SMILES string of the molecule is COc1cc(OC)cc(C(=O)C2C(C)C(NC(=O)c3ccc4ccccc4c3)CC3C(C)(C)CCCC23C)c1. The zero-order chi connectivity index (χ0) is 27.9. The van der Waals surface area contributed by atoms with E-state index >= 15 is 0 Å². The van der Waals surface area contributed by atoms with E-state index in [0.717, 1.165) is 36.5 Å². The van der Waals surface area contributed by atoms with Crippen LogP contribution in [0.4, 0.5) is 0 Å². The number of benzene rings is 3. The van der Waals surface area contributed by atoms with Crippen molar-refractivity contribution in [2.75, 3.05) is 14.2 Å². The number of nitrogens with one attached hydrogen (secondary N) is 1. The van der Waals surface area contributed by atoms with Crippen molar-refractivity contribution in [2.45, 2.75) is 59.4 Å². The first kappa shape index (κ1) is 27.2. The van der Waals surface area contributed by atoms with E-state index in [4.69, 9.17) is 9.47 Å². The van der Waals surface area contributed by atoms with Gasteiger partial charge in [-0.3, -0.25) is 9.59 Å². The monoisotopic (exact) mass is 527 g/mol. The lowest BCUT2D eigenvalue weighted by molar-refractivity contribution is -0.0902. The molecule has 5 rings (SSSR count). The minimum Gasteiger partial charge on any atom is -0.497 e. The summed E-state index contributed by atoms with van der Waals surface area (Å²) in [5, 5.41) is 5.53. The standard InChI is InChI=1S/C34H41NO4/c1-21-28(35-32(37)24-13-12-22-10-7-8-11-23(22)16-24)20-29-33(2,3)14-9-15-34(29,4)30(21)31(36)25-17-26(38-5)19-27(18-25)39-6/h7-8,10-13,16-19,21,28-30H,9,14-15,20H2,1-6H3,(H,35,37). The number of fused-ring (bicyclic) bond motifs is 2. The third kappa shape index (κ3) is 4.92. The van der Waals surface area contributed by atoms with E-state index < -0.39 is 0 Å². The van der Waals surface area contributed by atoms with E-state index in [9.17, 15) is 9.59 Å². The van der Waals surface area contributed by atoms with E-state index in [2.05, 4.69) is 39.1 Å². The number of ether oxygens (including phenoxy) is 2. The molecule has 0 spiro atoms. The van der Waals surface area contributed by atoms with Crippen molar-refractivity contribution in [1.82, 2.24) is 5.32 Å². The number of hydrogen-bond donors (Lipinski definition) is 1. The van der Waals surface area contributed by atoms with Gasteiger partial charge in [0.25, 0.3) is 5.91 Å². The van der Waals surface area contributed by atoms with Crippen molar-refractivity contribution < 1.29 is 19.1 Å². The predicted octanol–water partition coefficient (Wildman–Crippen LogP) is 7.33. The van der Waals surface area contributed by atoms with Gasteiger partial charge in [0.2, 0.25) is 0 Å². The van der Waals surface area contributed by atoms with Crippen LogP contribution in [0.3, 0.4) is 0 Å². The van der Waals surface area contributed by atoms with Gasteiger partial charge in [-0.2, -0.15) is 0 Å². The van der Waals surface area contributed by atoms with Crippen molar-refractivity contribution in [3.05, 3.63) is 71.8 Å². The molecule has 3 aromatic rings. The summed E-state index contributed by atoms with van der Waals surface area (Å²) in [7, 11) is 3.21. The summed E-state index contributed by atoms with van der Waals surface area (Å²) in [6, 6.07) is 19.2. The fourth-order valence-corrected chi connectivity index (χ4v) is 7.87. The Morgan fingerprint density at radius 3 is 2.18 bits per heavy atom. The van der Waals surface area contributed by atoms with E-state index in [-0.39, 0.29) is 40.4 Å². The third-order valence-electron chi connectivity index (χ3n) is 9.88. The number of carbonyl (C=O) groups excluding carboxylic acids is 2. The number of amides is 1. The summed E-state index contributed by atoms with van der Waals surface area (Å²) >= 11 is 0. The molecule has 2 saturated carbocycles. The van der Waals surface area contributed by atoms with Gasteiger partial charge in [-0.1, -0.05) is 64.4 Å². The molecule has 2 fully saturated rings.